The molecule has 1 aliphatic rings. The monoisotopic (exact) mass is 266 g/mol. The zero-order chi connectivity index (χ0) is 13.8. The first-order valence-electron chi connectivity index (χ1n) is 6.97. The molecule has 0 amide bonds. The maximum absolute atomic E-state index is 9.21. The van der Waals surface area contributed by atoms with E-state index >= 15 is 0 Å². The summed E-state index contributed by atoms with van der Waals surface area (Å²) in [6.07, 6.45) is 1.82. The Hall–Kier alpha value is -2.29. The van der Waals surface area contributed by atoms with E-state index in [-0.39, 0.29) is 0 Å². The fraction of sp³-hybridized carbons (Fsp3) is 0.235. The molecule has 0 fully saturated rings. The van der Waals surface area contributed by atoms with E-state index in [0.29, 0.717) is 0 Å². The van der Waals surface area contributed by atoms with Gasteiger partial charge >= 0.3 is 0 Å². The molecule has 0 aliphatic carbocycles. The molecule has 20 heavy (non-hydrogen) atoms. The number of hydrogen-bond donors (Lipinski definition) is 1. The smallest absolute Gasteiger partial charge is 0.0889 e. The zero-order valence-electron chi connectivity index (χ0n) is 11.4. The maximum atomic E-state index is 9.21. The van der Waals surface area contributed by atoms with Crippen LogP contribution in [0.5, 0.6) is 0 Å². The van der Waals surface area contributed by atoms with Crippen LogP contribution in [0.2, 0.25) is 0 Å². The second-order valence-corrected chi connectivity index (χ2v) is 5.07. The minimum absolute atomic E-state index is 0.788. The van der Waals surface area contributed by atoms with Gasteiger partial charge in [-0.3, -0.25) is 0 Å². The Morgan fingerprint density at radius 1 is 1.00 bits per heavy atom. The quantitative estimate of drug-likeness (QED) is 0.665. The Morgan fingerprint density at radius 2 is 1.75 bits per heavy atom. The minimum Gasteiger partial charge on any atom is -0.411 e. The maximum Gasteiger partial charge on any atom is 0.0889 e. The molecule has 102 valence electrons. The lowest BCUT2D eigenvalue weighted by molar-refractivity contribution is 0.318. The molecule has 0 atom stereocenters. The Morgan fingerprint density at radius 3 is 2.55 bits per heavy atom. The lowest BCUT2D eigenvalue weighted by atomic mass is 10.1. The summed E-state index contributed by atoms with van der Waals surface area (Å²) in [7, 11) is 0. The first-order chi connectivity index (χ1) is 9.88. The normalized spacial score (nSPS) is 16.8. The third-order valence-corrected chi connectivity index (χ3v) is 3.73. The average Bonchev–Trinajstić information content (AvgIpc) is 2.68. The number of fused-ring (bicyclic) bond motifs is 1. The molecule has 1 N–H and O–H groups in total. The van der Waals surface area contributed by atoms with E-state index < -0.39 is 0 Å². The summed E-state index contributed by atoms with van der Waals surface area (Å²) in [5.41, 5.74) is 4.29. The van der Waals surface area contributed by atoms with Crippen molar-refractivity contribution in [2.75, 3.05) is 11.4 Å². The molecule has 3 nitrogen and oxygen atoms in total. The van der Waals surface area contributed by atoms with Gasteiger partial charge < -0.3 is 10.1 Å². The molecule has 0 saturated heterocycles. The van der Waals surface area contributed by atoms with Crippen molar-refractivity contribution in [1.82, 2.24) is 0 Å². The molecular weight excluding hydrogens is 248 g/mol. The highest BCUT2D eigenvalue weighted by Gasteiger charge is 2.19. The van der Waals surface area contributed by atoms with Gasteiger partial charge in [0.15, 0.2) is 0 Å². The van der Waals surface area contributed by atoms with Gasteiger partial charge in [0.25, 0.3) is 0 Å². The summed E-state index contributed by atoms with van der Waals surface area (Å²) in [6.45, 7) is 1.86. The molecule has 3 rings (SSSR count). The molecule has 3 heteroatoms. The summed E-state index contributed by atoms with van der Waals surface area (Å²) in [5.74, 6) is 0. The van der Waals surface area contributed by atoms with E-state index in [1.165, 1.54) is 5.56 Å². The van der Waals surface area contributed by atoms with Crippen molar-refractivity contribution < 1.29 is 5.21 Å². The Labute approximate surface area is 119 Å². The molecule has 0 spiro atoms. The van der Waals surface area contributed by atoms with Crippen LogP contribution >= 0.6 is 0 Å². The average molecular weight is 266 g/mol. The number of benzene rings is 2. The molecular formula is C17H18N2O. The Kier molecular flexibility index (Phi) is 3.68. The first-order valence-corrected chi connectivity index (χ1v) is 6.97. The summed E-state index contributed by atoms with van der Waals surface area (Å²) >= 11 is 0. The van der Waals surface area contributed by atoms with E-state index in [1.54, 1.807) is 0 Å². The van der Waals surface area contributed by atoms with Crippen molar-refractivity contribution in [1.29, 1.82) is 0 Å². The van der Waals surface area contributed by atoms with Gasteiger partial charge in [-0.1, -0.05) is 53.7 Å². The fourth-order valence-corrected chi connectivity index (χ4v) is 2.76. The first kappa shape index (κ1) is 12.7. The van der Waals surface area contributed by atoms with Crippen molar-refractivity contribution in [2.45, 2.75) is 19.4 Å². The van der Waals surface area contributed by atoms with Crippen LogP contribution in [-0.2, 0) is 6.54 Å². The van der Waals surface area contributed by atoms with Gasteiger partial charge in [-0.05, 0) is 24.5 Å². The summed E-state index contributed by atoms with van der Waals surface area (Å²) < 4.78 is 0. The van der Waals surface area contributed by atoms with Crippen LogP contribution in [0.3, 0.4) is 0 Å². The highest BCUT2D eigenvalue weighted by Crippen LogP contribution is 2.27. The van der Waals surface area contributed by atoms with Crippen LogP contribution in [0.4, 0.5) is 5.69 Å². The van der Waals surface area contributed by atoms with E-state index in [4.69, 9.17) is 0 Å². The van der Waals surface area contributed by atoms with Crippen LogP contribution in [0, 0.1) is 0 Å². The molecule has 2 aromatic carbocycles. The number of para-hydroxylation sites is 1. The van der Waals surface area contributed by atoms with Gasteiger partial charge in [-0.2, -0.15) is 0 Å². The van der Waals surface area contributed by atoms with Crippen LogP contribution < -0.4 is 4.90 Å². The predicted molar refractivity (Wildman–Crippen MR) is 81.5 cm³/mol. The van der Waals surface area contributed by atoms with Gasteiger partial charge in [0.2, 0.25) is 0 Å². The summed E-state index contributed by atoms with van der Waals surface area (Å²) in [4.78, 5) is 2.36. The van der Waals surface area contributed by atoms with Gasteiger partial charge in [-0.25, -0.2) is 0 Å². The third-order valence-electron chi connectivity index (χ3n) is 3.73. The van der Waals surface area contributed by atoms with Crippen molar-refractivity contribution in [3.63, 3.8) is 0 Å². The van der Waals surface area contributed by atoms with E-state index in [2.05, 4.69) is 40.4 Å². The topological polar surface area (TPSA) is 35.8 Å². The standard InChI is InChI=1S/C17H18N2O/c20-18-16-10-6-12-19(13-14-7-2-1-3-8-14)17-11-5-4-9-15(16)17/h1-5,7-9,11,20H,6,10,12-13H2/b18-16-. The highest BCUT2D eigenvalue weighted by atomic mass is 16.4. The zero-order valence-corrected chi connectivity index (χ0v) is 11.4. The molecule has 2 aromatic rings. The fourth-order valence-electron chi connectivity index (χ4n) is 2.76. The van der Waals surface area contributed by atoms with Crippen molar-refractivity contribution in [3.8, 4) is 0 Å². The van der Waals surface area contributed by atoms with Crippen molar-refractivity contribution in [3.05, 3.63) is 65.7 Å². The molecule has 1 heterocycles. The van der Waals surface area contributed by atoms with Crippen LogP contribution in [0.1, 0.15) is 24.0 Å². The molecule has 0 saturated carbocycles. The lowest BCUT2D eigenvalue weighted by Gasteiger charge is -2.24. The minimum atomic E-state index is 0.788. The SMILES string of the molecule is O/N=C1/CCCN(Cc2ccccc2)c2ccccc21. The number of anilines is 1. The van der Waals surface area contributed by atoms with Gasteiger partial charge in [0.1, 0.15) is 0 Å². The third kappa shape index (κ3) is 2.52. The molecule has 1 aliphatic heterocycles. The lowest BCUT2D eigenvalue weighted by Crippen LogP contribution is -2.23. The summed E-state index contributed by atoms with van der Waals surface area (Å²) in [5, 5.41) is 12.7. The number of hydrogen-bond acceptors (Lipinski definition) is 3. The van der Waals surface area contributed by atoms with Crippen LogP contribution in [0.25, 0.3) is 0 Å². The van der Waals surface area contributed by atoms with E-state index in [9.17, 15) is 5.21 Å². The molecule has 0 radical (unpaired) electrons. The van der Waals surface area contributed by atoms with E-state index in [1.807, 2.05) is 24.3 Å². The highest BCUT2D eigenvalue weighted by molar-refractivity contribution is 6.05. The molecule has 0 unspecified atom stereocenters. The second kappa shape index (κ2) is 5.78. The van der Waals surface area contributed by atoms with Gasteiger partial charge in [0.05, 0.1) is 5.71 Å². The van der Waals surface area contributed by atoms with Crippen LogP contribution in [0.15, 0.2) is 59.8 Å². The molecule has 0 aromatic heterocycles. The largest absolute Gasteiger partial charge is 0.411 e. The number of nitrogens with zero attached hydrogens (tertiary/aromatic N) is 2. The van der Waals surface area contributed by atoms with Crippen molar-refractivity contribution in [2.24, 2.45) is 5.16 Å². The summed E-state index contributed by atoms with van der Waals surface area (Å²) in [6, 6.07) is 18.6. The van der Waals surface area contributed by atoms with Crippen molar-refractivity contribution >= 4 is 11.4 Å². The van der Waals surface area contributed by atoms with Gasteiger partial charge in [0, 0.05) is 24.3 Å². The number of oxime groups is 1. The van der Waals surface area contributed by atoms with E-state index in [0.717, 1.165) is 42.9 Å². The Bertz CT molecular complexity index is 607. The number of rotatable bonds is 2. The van der Waals surface area contributed by atoms with Crippen LogP contribution in [-0.4, -0.2) is 17.5 Å². The predicted octanol–water partition coefficient (Wildman–Crippen LogP) is 3.67. The Balaban J connectivity index is 1.95. The van der Waals surface area contributed by atoms with Gasteiger partial charge in [-0.15, -0.1) is 0 Å². The second-order valence-electron chi connectivity index (χ2n) is 5.07. The molecule has 0 bridgehead atoms.